The first-order valence-electron chi connectivity index (χ1n) is 6.52. The van der Waals surface area contributed by atoms with E-state index in [1.807, 2.05) is 0 Å². The van der Waals surface area contributed by atoms with Crippen molar-refractivity contribution in [2.24, 2.45) is 5.73 Å². The maximum absolute atomic E-state index is 12.8. The van der Waals surface area contributed by atoms with Gasteiger partial charge >= 0.3 is 6.18 Å². The molecular weight excluding hydrogens is 271 g/mol. The summed E-state index contributed by atoms with van der Waals surface area (Å²) in [5.74, 6) is -0.709. The van der Waals surface area contributed by atoms with Crippen LogP contribution in [0, 0.1) is 0 Å². The second-order valence-electron chi connectivity index (χ2n) is 4.83. The number of anilines is 1. The van der Waals surface area contributed by atoms with Gasteiger partial charge in [-0.25, -0.2) is 4.98 Å². The van der Waals surface area contributed by atoms with Gasteiger partial charge in [-0.2, -0.15) is 13.2 Å². The minimum atomic E-state index is -4.53. The zero-order valence-corrected chi connectivity index (χ0v) is 10.9. The number of amides is 1. The molecule has 1 aromatic rings. The summed E-state index contributed by atoms with van der Waals surface area (Å²) >= 11 is 0. The summed E-state index contributed by atoms with van der Waals surface area (Å²) in [6, 6.07) is 1.90. The molecule has 0 unspecified atom stereocenters. The number of primary amides is 1. The number of alkyl halides is 3. The highest BCUT2D eigenvalue weighted by Gasteiger charge is 2.34. The Kier molecular flexibility index (Phi) is 4.15. The number of carbonyl (C=O) groups excluding carboxylic acids is 1. The number of hydrogen-bond acceptors (Lipinski definition) is 3. The van der Waals surface area contributed by atoms with Gasteiger partial charge in [-0.15, -0.1) is 0 Å². The van der Waals surface area contributed by atoms with Gasteiger partial charge in [0.1, 0.15) is 11.5 Å². The highest BCUT2D eigenvalue weighted by Crippen LogP contribution is 2.31. The van der Waals surface area contributed by atoms with Gasteiger partial charge in [-0.3, -0.25) is 4.79 Å². The second-order valence-corrected chi connectivity index (χ2v) is 4.83. The summed E-state index contributed by atoms with van der Waals surface area (Å²) in [6.45, 7) is 1.18. The van der Waals surface area contributed by atoms with Crippen molar-refractivity contribution >= 4 is 11.7 Å². The van der Waals surface area contributed by atoms with Crippen LogP contribution in [0.3, 0.4) is 0 Å². The third kappa shape index (κ3) is 3.20. The zero-order valence-electron chi connectivity index (χ0n) is 10.9. The van der Waals surface area contributed by atoms with Gasteiger partial charge in [-0.05, 0) is 25.0 Å². The van der Waals surface area contributed by atoms with Crippen LogP contribution in [0.2, 0.25) is 0 Å². The van der Waals surface area contributed by atoms with Gasteiger partial charge < -0.3 is 10.6 Å². The topological polar surface area (TPSA) is 59.2 Å². The zero-order chi connectivity index (χ0) is 14.8. The average Bonchev–Trinajstić information content (AvgIpc) is 2.65. The average molecular weight is 287 g/mol. The van der Waals surface area contributed by atoms with E-state index in [9.17, 15) is 18.0 Å². The number of hydrogen-bond donors (Lipinski definition) is 1. The van der Waals surface area contributed by atoms with E-state index < -0.39 is 17.8 Å². The molecule has 1 aliphatic heterocycles. The molecule has 0 atom stereocenters. The van der Waals surface area contributed by atoms with Crippen molar-refractivity contribution in [3.63, 3.8) is 0 Å². The molecule has 1 fully saturated rings. The monoisotopic (exact) mass is 287 g/mol. The molecule has 0 aliphatic carbocycles. The Bertz CT molecular complexity index is 494. The molecule has 0 bridgehead atoms. The molecule has 7 heteroatoms. The van der Waals surface area contributed by atoms with E-state index in [1.165, 1.54) is 0 Å². The number of carbonyl (C=O) groups is 1. The molecule has 2 rings (SSSR count). The van der Waals surface area contributed by atoms with Crippen LogP contribution in [-0.4, -0.2) is 24.0 Å². The predicted octanol–water partition coefficient (Wildman–Crippen LogP) is 2.58. The van der Waals surface area contributed by atoms with Crippen LogP contribution in [0.25, 0.3) is 0 Å². The van der Waals surface area contributed by atoms with Crippen molar-refractivity contribution in [2.75, 3.05) is 18.0 Å². The van der Waals surface area contributed by atoms with Crippen LogP contribution in [0.5, 0.6) is 0 Å². The fourth-order valence-corrected chi connectivity index (χ4v) is 2.32. The lowest BCUT2D eigenvalue weighted by molar-refractivity contribution is -0.141. The molecule has 4 nitrogen and oxygen atoms in total. The first kappa shape index (κ1) is 14.6. The van der Waals surface area contributed by atoms with Gasteiger partial charge in [0.2, 0.25) is 0 Å². The predicted molar refractivity (Wildman–Crippen MR) is 68.4 cm³/mol. The molecule has 0 spiro atoms. The van der Waals surface area contributed by atoms with Gasteiger partial charge in [0.25, 0.3) is 5.91 Å². The first-order valence-corrected chi connectivity index (χ1v) is 6.52. The van der Waals surface area contributed by atoms with Crippen molar-refractivity contribution in [3.05, 3.63) is 23.4 Å². The normalized spacial score (nSPS) is 16.9. The summed E-state index contributed by atoms with van der Waals surface area (Å²) < 4.78 is 38.3. The molecule has 1 saturated heterocycles. The van der Waals surface area contributed by atoms with Gasteiger partial charge in [-0.1, -0.05) is 12.8 Å². The molecule has 0 aromatic carbocycles. The third-order valence-corrected chi connectivity index (χ3v) is 3.34. The van der Waals surface area contributed by atoms with Crippen molar-refractivity contribution in [2.45, 2.75) is 31.9 Å². The van der Waals surface area contributed by atoms with E-state index in [4.69, 9.17) is 5.73 Å². The Hall–Kier alpha value is -1.79. The number of halogens is 3. The van der Waals surface area contributed by atoms with Gasteiger partial charge in [0.15, 0.2) is 0 Å². The smallest absolute Gasteiger partial charge is 0.365 e. The first-order chi connectivity index (χ1) is 9.39. The van der Waals surface area contributed by atoms with Crippen LogP contribution in [0.4, 0.5) is 19.0 Å². The van der Waals surface area contributed by atoms with E-state index in [1.54, 1.807) is 4.90 Å². The van der Waals surface area contributed by atoms with Crippen LogP contribution < -0.4 is 10.6 Å². The molecule has 1 aromatic heterocycles. The number of nitrogens with two attached hydrogens (primary N) is 1. The minimum Gasteiger partial charge on any atom is -0.365 e. The summed E-state index contributed by atoms with van der Waals surface area (Å²) in [4.78, 5) is 16.7. The molecule has 1 aliphatic rings. The molecule has 0 radical (unpaired) electrons. The van der Waals surface area contributed by atoms with E-state index >= 15 is 0 Å². The van der Waals surface area contributed by atoms with Crippen molar-refractivity contribution in [1.29, 1.82) is 0 Å². The highest BCUT2D eigenvalue weighted by atomic mass is 19.4. The van der Waals surface area contributed by atoms with Crippen LogP contribution in [-0.2, 0) is 6.18 Å². The number of rotatable bonds is 2. The lowest BCUT2D eigenvalue weighted by Crippen LogP contribution is -2.29. The minimum absolute atomic E-state index is 0.0416. The molecule has 1 amide bonds. The standard InChI is InChI=1S/C13H16F3N3O/c14-13(15,16)10-6-5-9(11(17)20)12(18-10)19-7-3-1-2-4-8-19/h5-6H,1-4,7-8H2,(H2,17,20). The van der Waals surface area contributed by atoms with E-state index in [0.29, 0.717) is 13.1 Å². The van der Waals surface area contributed by atoms with Crippen molar-refractivity contribution in [1.82, 2.24) is 4.98 Å². The quantitative estimate of drug-likeness (QED) is 0.909. The van der Waals surface area contributed by atoms with Crippen LogP contribution >= 0.6 is 0 Å². The Morgan fingerprint density at radius 2 is 1.75 bits per heavy atom. The maximum Gasteiger partial charge on any atom is 0.433 e. The fraction of sp³-hybridized carbons (Fsp3) is 0.538. The highest BCUT2D eigenvalue weighted by molar-refractivity contribution is 5.97. The van der Waals surface area contributed by atoms with Crippen molar-refractivity contribution in [3.8, 4) is 0 Å². The summed E-state index contributed by atoms with van der Waals surface area (Å²) in [5.41, 5.74) is 4.28. The Balaban J connectivity index is 2.43. The fourth-order valence-electron chi connectivity index (χ4n) is 2.32. The maximum atomic E-state index is 12.8. The van der Waals surface area contributed by atoms with E-state index in [-0.39, 0.29) is 11.4 Å². The molecule has 20 heavy (non-hydrogen) atoms. The van der Waals surface area contributed by atoms with Gasteiger partial charge in [0.05, 0.1) is 5.56 Å². The Morgan fingerprint density at radius 1 is 1.15 bits per heavy atom. The Labute approximate surface area is 114 Å². The summed E-state index contributed by atoms with van der Waals surface area (Å²) in [6.07, 6.45) is -0.730. The molecular formula is C13H16F3N3O. The lowest BCUT2D eigenvalue weighted by Gasteiger charge is -2.24. The summed E-state index contributed by atoms with van der Waals surface area (Å²) in [5, 5.41) is 0. The molecule has 0 saturated carbocycles. The SMILES string of the molecule is NC(=O)c1ccc(C(F)(F)F)nc1N1CCCCCC1. The van der Waals surface area contributed by atoms with Crippen LogP contribution in [0.15, 0.2) is 12.1 Å². The second kappa shape index (κ2) is 5.68. The summed E-state index contributed by atoms with van der Waals surface area (Å²) in [7, 11) is 0. The molecule has 2 N–H and O–H groups in total. The largest absolute Gasteiger partial charge is 0.433 e. The molecule has 2 heterocycles. The van der Waals surface area contributed by atoms with Gasteiger partial charge in [0, 0.05) is 13.1 Å². The number of aromatic nitrogens is 1. The van der Waals surface area contributed by atoms with Crippen molar-refractivity contribution < 1.29 is 18.0 Å². The lowest BCUT2D eigenvalue weighted by atomic mass is 10.2. The Morgan fingerprint density at radius 3 is 2.25 bits per heavy atom. The van der Waals surface area contributed by atoms with E-state index in [0.717, 1.165) is 37.8 Å². The number of nitrogens with zero attached hydrogens (tertiary/aromatic N) is 2. The third-order valence-electron chi connectivity index (χ3n) is 3.34. The van der Waals surface area contributed by atoms with Crippen LogP contribution in [0.1, 0.15) is 41.7 Å². The van der Waals surface area contributed by atoms with E-state index in [2.05, 4.69) is 4.98 Å². The number of pyridine rings is 1. The molecule has 110 valence electrons.